The quantitative estimate of drug-likeness (QED) is 0.520. The Bertz CT molecular complexity index is 1060. The number of thioether (sulfide) groups is 1. The zero-order valence-electron chi connectivity index (χ0n) is 18.0. The van der Waals surface area contributed by atoms with Gasteiger partial charge in [-0.2, -0.15) is 0 Å². The molecule has 4 rings (SSSR count). The minimum absolute atomic E-state index is 0.0902. The average Bonchev–Trinajstić information content (AvgIpc) is 3.58. The van der Waals surface area contributed by atoms with Crippen molar-refractivity contribution in [3.63, 3.8) is 0 Å². The largest absolute Gasteiger partial charge is 0.497 e. The number of likely N-dealkylation sites (tertiary alicyclic amines) is 1. The molecule has 1 saturated heterocycles. The molecule has 1 aliphatic heterocycles. The van der Waals surface area contributed by atoms with E-state index in [-0.39, 0.29) is 17.6 Å². The molecule has 9 nitrogen and oxygen atoms in total. The van der Waals surface area contributed by atoms with Gasteiger partial charge in [0.1, 0.15) is 11.8 Å². The number of aromatic nitrogens is 3. The predicted octanol–water partition coefficient (Wildman–Crippen LogP) is 3.29. The topological polar surface area (TPSA) is 102 Å². The minimum atomic E-state index is -0.479. The van der Waals surface area contributed by atoms with E-state index < -0.39 is 6.04 Å². The Kier molecular flexibility index (Phi) is 6.79. The lowest BCUT2D eigenvalue weighted by molar-refractivity contribution is -0.134. The highest BCUT2D eigenvalue weighted by Gasteiger charge is 2.34. The number of anilines is 1. The van der Waals surface area contributed by atoms with Gasteiger partial charge >= 0.3 is 0 Å². The second kappa shape index (κ2) is 9.90. The number of amides is 2. The summed E-state index contributed by atoms with van der Waals surface area (Å²) in [6.07, 6.45) is 3.03. The van der Waals surface area contributed by atoms with Crippen molar-refractivity contribution in [3.8, 4) is 17.3 Å². The van der Waals surface area contributed by atoms with Gasteiger partial charge in [-0.3, -0.25) is 14.2 Å². The minimum Gasteiger partial charge on any atom is -0.497 e. The van der Waals surface area contributed by atoms with Crippen molar-refractivity contribution in [2.45, 2.75) is 37.5 Å². The zero-order chi connectivity index (χ0) is 22.5. The third-order valence-electron chi connectivity index (χ3n) is 5.33. The van der Waals surface area contributed by atoms with Crippen LogP contribution in [0.1, 0.15) is 19.8 Å². The Labute approximate surface area is 190 Å². The van der Waals surface area contributed by atoms with E-state index >= 15 is 0 Å². The van der Waals surface area contributed by atoms with Crippen LogP contribution in [0.2, 0.25) is 0 Å². The molecule has 1 aliphatic rings. The monoisotopic (exact) mass is 455 g/mol. The van der Waals surface area contributed by atoms with Gasteiger partial charge < -0.3 is 19.4 Å². The first kappa shape index (κ1) is 21.9. The summed E-state index contributed by atoms with van der Waals surface area (Å²) in [5, 5.41) is 12.0. The van der Waals surface area contributed by atoms with E-state index in [2.05, 4.69) is 15.5 Å². The Morgan fingerprint density at radius 3 is 2.75 bits per heavy atom. The summed E-state index contributed by atoms with van der Waals surface area (Å²) in [6, 6.07) is 10.3. The molecule has 168 valence electrons. The summed E-state index contributed by atoms with van der Waals surface area (Å²) >= 11 is 1.32. The molecule has 2 aromatic heterocycles. The Hall–Kier alpha value is -3.27. The van der Waals surface area contributed by atoms with E-state index in [1.54, 1.807) is 48.6 Å². The number of benzene rings is 1. The molecule has 1 fully saturated rings. The molecule has 10 heteroatoms. The first-order chi connectivity index (χ1) is 15.6. The number of methoxy groups -OCH3 is 1. The van der Waals surface area contributed by atoms with Crippen LogP contribution < -0.4 is 10.1 Å². The maximum absolute atomic E-state index is 12.9. The summed E-state index contributed by atoms with van der Waals surface area (Å²) in [7, 11) is 1.59. The maximum atomic E-state index is 12.9. The number of rotatable bonds is 8. The molecule has 0 aliphatic carbocycles. The fraction of sp³-hybridized carbons (Fsp3) is 0.364. The van der Waals surface area contributed by atoms with Gasteiger partial charge in [0.2, 0.25) is 11.8 Å². The average molecular weight is 456 g/mol. The van der Waals surface area contributed by atoms with Gasteiger partial charge in [0, 0.05) is 18.8 Å². The van der Waals surface area contributed by atoms with E-state index in [1.165, 1.54) is 11.8 Å². The van der Waals surface area contributed by atoms with E-state index in [0.717, 1.165) is 6.42 Å². The second-order valence-corrected chi connectivity index (χ2v) is 8.22. The lowest BCUT2D eigenvalue weighted by atomic mass is 10.2. The third-order valence-corrected chi connectivity index (χ3v) is 6.28. The highest BCUT2D eigenvalue weighted by Crippen LogP contribution is 2.26. The molecular weight excluding hydrogens is 430 g/mol. The molecule has 0 bridgehead atoms. The summed E-state index contributed by atoms with van der Waals surface area (Å²) < 4.78 is 12.5. The van der Waals surface area contributed by atoms with Crippen molar-refractivity contribution in [1.82, 2.24) is 19.7 Å². The number of hydrogen-bond acceptors (Lipinski definition) is 7. The summed E-state index contributed by atoms with van der Waals surface area (Å²) in [5.41, 5.74) is 0.672. The van der Waals surface area contributed by atoms with Crippen LogP contribution in [0.4, 0.5) is 5.69 Å². The molecule has 1 atom stereocenters. The van der Waals surface area contributed by atoms with Gasteiger partial charge in [-0.05, 0) is 56.2 Å². The van der Waals surface area contributed by atoms with Crippen molar-refractivity contribution in [3.05, 3.63) is 42.7 Å². The smallest absolute Gasteiger partial charge is 0.247 e. The molecule has 32 heavy (non-hydrogen) atoms. The van der Waals surface area contributed by atoms with Crippen LogP contribution in [0.15, 0.2) is 52.2 Å². The summed E-state index contributed by atoms with van der Waals surface area (Å²) in [6.45, 7) is 3.20. The van der Waals surface area contributed by atoms with Crippen LogP contribution in [-0.4, -0.2) is 56.9 Å². The molecule has 3 heterocycles. The normalized spacial score (nSPS) is 15.7. The van der Waals surface area contributed by atoms with E-state index in [4.69, 9.17) is 9.15 Å². The standard InChI is InChI=1S/C22H25N5O4S/c1-3-26-20(18-7-5-13-31-18)24-25-22(26)32-14-19(28)27-12-4-6-17(27)21(29)23-15-8-10-16(30-2)11-9-15/h5,7-11,13,17H,3-4,6,12,14H2,1-2H3,(H,23,29). The van der Waals surface area contributed by atoms with Gasteiger partial charge in [0.25, 0.3) is 0 Å². The Balaban J connectivity index is 1.38. The molecule has 1 unspecified atom stereocenters. The molecule has 0 spiro atoms. The van der Waals surface area contributed by atoms with Gasteiger partial charge in [0.05, 0.1) is 19.1 Å². The predicted molar refractivity (Wildman–Crippen MR) is 120 cm³/mol. The second-order valence-electron chi connectivity index (χ2n) is 7.28. The Morgan fingerprint density at radius 2 is 2.06 bits per heavy atom. The zero-order valence-corrected chi connectivity index (χ0v) is 18.8. The molecule has 0 saturated carbocycles. The van der Waals surface area contributed by atoms with Crippen molar-refractivity contribution in [2.75, 3.05) is 24.7 Å². The van der Waals surface area contributed by atoms with Crippen molar-refractivity contribution < 1.29 is 18.7 Å². The van der Waals surface area contributed by atoms with Gasteiger partial charge in [-0.1, -0.05) is 11.8 Å². The first-order valence-electron chi connectivity index (χ1n) is 10.4. The van der Waals surface area contributed by atoms with E-state index in [9.17, 15) is 9.59 Å². The fourth-order valence-corrected chi connectivity index (χ4v) is 4.60. The van der Waals surface area contributed by atoms with Gasteiger partial charge in [-0.15, -0.1) is 10.2 Å². The number of hydrogen-bond donors (Lipinski definition) is 1. The molecular formula is C22H25N5O4S. The van der Waals surface area contributed by atoms with Crippen molar-refractivity contribution >= 4 is 29.3 Å². The van der Waals surface area contributed by atoms with Crippen LogP contribution in [0.3, 0.4) is 0 Å². The van der Waals surface area contributed by atoms with Crippen molar-refractivity contribution in [2.24, 2.45) is 0 Å². The number of nitrogens with zero attached hydrogens (tertiary/aromatic N) is 4. The number of furan rings is 1. The fourth-order valence-electron chi connectivity index (χ4n) is 3.72. The van der Waals surface area contributed by atoms with Crippen LogP contribution in [0.25, 0.3) is 11.6 Å². The van der Waals surface area contributed by atoms with E-state index in [0.29, 0.717) is 47.7 Å². The van der Waals surface area contributed by atoms with Crippen molar-refractivity contribution in [1.29, 1.82) is 0 Å². The number of carbonyl (C=O) groups excluding carboxylic acids is 2. The Morgan fingerprint density at radius 1 is 1.25 bits per heavy atom. The van der Waals surface area contributed by atoms with Gasteiger partial charge in [-0.25, -0.2) is 0 Å². The summed E-state index contributed by atoms with van der Waals surface area (Å²) in [4.78, 5) is 27.4. The SMILES string of the molecule is CCn1c(SCC(=O)N2CCCC2C(=O)Nc2ccc(OC)cc2)nnc1-c1ccco1. The molecule has 1 N–H and O–H groups in total. The maximum Gasteiger partial charge on any atom is 0.247 e. The highest BCUT2D eigenvalue weighted by atomic mass is 32.2. The van der Waals surface area contributed by atoms with Crippen LogP contribution in [0, 0.1) is 0 Å². The summed E-state index contributed by atoms with van der Waals surface area (Å²) in [5.74, 6) is 1.89. The molecule has 1 aromatic carbocycles. The molecule has 3 aromatic rings. The van der Waals surface area contributed by atoms with E-state index in [1.807, 2.05) is 17.6 Å². The number of carbonyl (C=O) groups is 2. The van der Waals surface area contributed by atoms with Crippen LogP contribution in [0.5, 0.6) is 5.75 Å². The highest BCUT2D eigenvalue weighted by molar-refractivity contribution is 7.99. The van der Waals surface area contributed by atoms with Gasteiger partial charge in [0.15, 0.2) is 16.7 Å². The first-order valence-corrected chi connectivity index (χ1v) is 11.4. The van der Waals surface area contributed by atoms with Crippen LogP contribution in [-0.2, 0) is 16.1 Å². The number of ether oxygens (including phenoxy) is 1. The lowest BCUT2D eigenvalue weighted by Gasteiger charge is -2.24. The molecule has 0 radical (unpaired) electrons. The lowest BCUT2D eigenvalue weighted by Crippen LogP contribution is -2.44. The van der Waals surface area contributed by atoms with Crippen LogP contribution >= 0.6 is 11.8 Å². The number of nitrogens with one attached hydrogen (secondary N) is 1. The molecule has 2 amide bonds. The third kappa shape index (κ3) is 4.64.